The monoisotopic (exact) mass is 316 g/mol. The van der Waals surface area contributed by atoms with Gasteiger partial charge in [0, 0.05) is 12.1 Å². The third-order valence-electron chi connectivity index (χ3n) is 4.53. The second kappa shape index (κ2) is 6.36. The molecule has 1 aliphatic carbocycles. The molecule has 2 heterocycles. The van der Waals surface area contributed by atoms with E-state index in [9.17, 15) is 9.59 Å². The van der Waals surface area contributed by atoms with Crippen LogP contribution in [0.5, 0.6) is 0 Å². The summed E-state index contributed by atoms with van der Waals surface area (Å²) >= 11 is 0. The summed E-state index contributed by atoms with van der Waals surface area (Å²) in [4.78, 5) is 23.4. The van der Waals surface area contributed by atoms with E-state index in [1.165, 1.54) is 0 Å². The standard InChI is InChI=1S/C16H20N4O3/c1-10(14-19-18-13-4-2-3-9-20(13)14)17-15(21)11-5-7-12(8-6-11)16(22)23/h2-4,9-12H,5-8H2,1H3,(H,17,21)(H,22,23). The van der Waals surface area contributed by atoms with Gasteiger partial charge in [-0.1, -0.05) is 6.07 Å². The topological polar surface area (TPSA) is 96.6 Å². The first-order chi connectivity index (χ1) is 11.1. The number of fused-ring (bicyclic) bond motifs is 1. The van der Waals surface area contributed by atoms with Crippen LogP contribution >= 0.6 is 0 Å². The van der Waals surface area contributed by atoms with Gasteiger partial charge in [-0.3, -0.25) is 14.0 Å². The number of carbonyl (C=O) groups excluding carboxylic acids is 1. The number of aliphatic carboxylic acids is 1. The van der Waals surface area contributed by atoms with Gasteiger partial charge in [0.05, 0.1) is 12.0 Å². The van der Waals surface area contributed by atoms with Crippen LogP contribution in [-0.4, -0.2) is 31.6 Å². The zero-order chi connectivity index (χ0) is 16.4. The highest BCUT2D eigenvalue weighted by Gasteiger charge is 2.30. The lowest BCUT2D eigenvalue weighted by Gasteiger charge is -2.26. The van der Waals surface area contributed by atoms with E-state index in [0.717, 1.165) is 5.65 Å². The summed E-state index contributed by atoms with van der Waals surface area (Å²) in [5.41, 5.74) is 0.741. The molecule has 23 heavy (non-hydrogen) atoms. The van der Waals surface area contributed by atoms with Crippen LogP contribution in [0, 0.1) is 11.8 Å². The molecule has 7 nitrogen and oxygen atoms in total. The van der Waals surface area contributed by atoms with Gasteiger partial charge in [-0.2, -0.15) is 0 Å². The molecule has 0 aliphatic heterocycles. The molecular formula is C16H20N4O3. The van der Waals surface area contributed by atoms with Crippen LogP contribution in [0.4, 0.5) is 0 Å². The molecule has 2 aromatic heterocycles. The number of nitrogens with one attached hydrogen (secondary N) is 1. The van der Waals surface area contributed by atoms with E-state index in [1.807, 2.05) is 35.7 Å². The second-order valence-electron chi connectivity index (χ2n) is 6.10. The molecular weight excluding hydrogens is 296 g/mol. The molecule has 1 unspecified atom stereocenters. The van der Waals surface area contributed by atoms with E-state index < -0.39 is 5.97 Å². The lowest BCUT2D eigenvalue weighted by Crippen LogP contribution is -2.36. The van der Waals surface area contributed by atoms with Crippen molar-refractivity contribution in [3.63, 3.8) is 0 Å². The maximum Gasteiger partial charge on any atom is 0.306 e. The fraction of sp³-hybridized carbons (Fsp3) is 0.500. The largest absolute Gasteiger partial charge is 0.481 e. The molecule has 1 saturated carbocycles. The molecule has 1 atom stereocenters. The van der Waals surface area contributed by atoms with E-state index in [4.69, 9.17) is 5.11 Å². The first-order valence-corrected chi connectivity index (χ1v) is 7.89. The molecule has 1 aliphatic rings. The number of pyridine rings is 1. The van der Waals surface area contributed by atoms with Crippen molar-refractivity contribution in [1.82, 2.24) is 19.9 Å². The zero-order valence-electron chi connectivity index (χ0n) is 13.0. The van der Waals surface area contributed by atoms with Crippen molar-refractivity contribution < 1.29 is 14.7 Å². The van der Waals surface area contributed by atoms with Crippen LogP contribution < -0.4 is 5.32 Å². The summed E-state index contributed by atoms with van der Waals surface area (Å²) < 4.78 is 1.85. The lowest BCUT2D eigenvalue weighted by atomic mass is 9.81. The van der Waals surface area contributed by atoms with E-state index in [-0.39, 0.29) is 23.8 Å². The predicted octanol–water partition coefficient (Wildman–Crippen LogP) is 1.80. The van der Waals surface area contributed by atoms with Crippen LogP contribution in [0.15, 0.2) is 24.4 Å². The van der Waals surface area contributed by atoms with Crippen LogP contribution in [0.1, 0.15) is 44.5 Å². The Bertz CT molecular complexity index is 719. The number of aromatic nitrogens is 3. The molecule has 0 aromatic carbocycles. The van der Waals surface area contributed by atoms with Crippen LogP contribution in [0.25, 0.3) is 5.65 Å². The highest BCUT2D eigenvalue weighted by molar-refractivity contribution is 5.79. The zero-order valence-corrected chi connectivity index (χ0v) is 13.0. The van der Waals surface area contributed by atoms with Crippen molar-refractivity contribution in [2.24, 2.45) is 11.8 Å². The Morgan fingerprint density at radius 3 is 2.61 bits per heavy atom. The van der Waals surface area contributed by atoms with Crippen LogP contribution in [-0.2, 0) is 9.59 Å². The van der Waals surface area contributed by atoms with Gasteiger partial charge in [0.25, 0.3) is 0 Å². The molecule has 0 spiro atoms. The maximum atomic E-state index is 12.4. The highest BCUT2D eigenvalue weighted by Crippen LogP contribution is 2.29. The predicted molar refractivity (Wildman–Crippen MR) is 82.6 cm³/mol. The Hall–Kier alpha value is -2.44. The van der Waals surface area contributed by atoms with Gasteiger partial charge >= 0.3 is 5.97 Å². The SMILES string of the molecule is CC(NC(=O)C1CCC(C(=O)O)CC1)c1nnc2ccccn12. The van der Waals surface area contributed by atoms with Crippen LogP contribution in [0.2, 0.25) is 0 Å². The van der Waals surface area contributed by atoms with Gasteiger partial charge in [-0.25, -0.2) is 0 Å². The van der Waals surface area contributed by atoms with Crippen molar-refractivity contribution in [2.45, 2.75) is 38.6 Å². The van der Waals surface area contributed by atoms with E-state index in [1.54, 1.807) is 0 Å². The molecule has 2 N–H and O–H groups in total. The number of carboxylic acid groups (broad SMARTS) is 1. The summed E-state index contributed by atoms with van der Waals surface area (Å²) in [5.74, 6) is -0.529. The summed E-state index contributed by atoms with van der Waals surface area (Å²) in [5, 5.41) is 20.2. The van der Waals surface area contributed by atoms with Crippen molar-refractivity contribution >= 4 is 17.5 Å². The molecule has 0 bridgehead atoms. The second-order valence-corrected chi connectivity index (χ2v) is 6.10. The smallest absolute Gasteiger partial charge is 0.306 e. The number of carboxylic acids is 1. The Balaban J connectivity index is 1.63. The van der Waals surface area contributed by atoms with Crippen molar-refractivity contribution in [3.05, 3.63) is 30.2 Å². The molecule has 1 fully saturated rings. The Labute approximate surface area is 133 Å². The summed E-state index contributed by atoms with van der Waals surface area (Å²) in [6.07, 6.45) is 4.24. The van der Waals surface area contributed by atoms with Gasteiger partial charge in [-0.05, 0) is 44.7 Å². The van der Waals surface area contributed by atoms with Crippen molar-refractivity contribution in [2.75, 3.05) is 0 Å². The summed E-state index contributed by atoms with van der Waals surface area (Å²) in [7, 11) is 0. The number of hydrogen-bond donors (Lipinski definition) is 2. The molecule has 2 aromatic rings. The average molecular weight is 316 g/mol. The molecule has 7 heteroatoms. The van der Waals surface area contributed by atoms with Crippen molar-refractivity contribution in [3.8, 4) is 0 Å². The van der Waals surface area contributed by atoms with E-state index in [0.29, 0.717) is 31.5 Å². The van der Waals surface area contributed by atoms with Gasteiger partial charge in [0.2, 0.25) is 5.91 Å². The number of nitrogens with zero attached hydrogens (tertiary/aromatic N) is 3. The number of amides is 1. The van der Waals surface area contributed by atoms with Gasteiger partial charge in [0.1, 0.15) is 0 Å². The van der Waals surface area contributed by atoms with Crippen LogP contribution in [0.3, 0.4) is 0 Å². The normalized spacial score (nSPS) is 22.7. The number of carbonyl (C=O) groups is 2. The van der Waals surface area contributed by atoms with E-state index in [2.05, 4.69) is 15.5 Å². The number of hydrogen-bond acceptors (Lipinski definition) is 4. The third kappa shape index (κ3) is 3.18. The first kappa shape index (κ1) is 15.5. The minimum atomic E-state index is -0.757. The summed E-state index contributed by atoms with van der Waals surface area (Å²) in [6, 6.07) is 5.38. The Kier molecular flexibility index (Phi) is 4.27. The molecule has 1 amide bonds. The summed E-state index contributed by atoms with van der Waals surface area (Å²) in [6.45, 7) is 1.88. The van der Waals surface area contributed by atoms with E-state index >= 15 is 0 Å². The third-order valence-corrected chi connectivity index (χ3v) is 4.53. The van der Waals surface area contributed by atoms with Gasteiger partial charge < -0.3 is 10.4 Å². The fourth-order valence-corrected chi connectivity index (χ4v) is 3.15. The molecule has 0 saturated heterocycles. The Morgan fingerprint density at radius 1 is 1.22 bits per heavy atom. The quantitative estimate of drug-likeness (QED) is 0.896. The van der Waals surface area contributed by atoms with Gasteiger partial charge in [0.15, 0.2) is 11.5 Å². The number of rotatable bonds is 4. The Morgan fingerprint density at radius 2 is 1.91 bits per heavy atom. The minimum Gasteiger partial charge on any atom is -0.481 e. The fourth-order valence-electron chi connectivity index (χ4n) is 3.15. The maximum absolute atomic E-state index is 12.4. The molecule has 3 rings (SSSR count). The lowest BCUT2D eigenvalue weighted by molar-refractivity contribution is -0.144. The molecule has 122 valence electrons. The highest BCUT2D eigenvalue weighted by atomic mass is 16.4. The minimum absolute atomic E-state index is 0.0333. The molecule has 0 radical (unpaired) electrons. The van der Waals surface area contributed by atoms with Crippen molar-refractivity contribution in [1.29, 1.82) is 0 Å². The average Bonchev–Trinajstić information content (AvgIpc) is 2.99. The van der Waals surface area contributed by atoms with Gasteiger partial charge in [-0.15, -0.1) is 10.2 Å². The first-order valence-electron chi connectivity index (χ1n) is 7.89.